The first-order valence-electron chi connectivity index (χ1n) is 7.84. The molecule has 0 saturated carbocycles. The number of esters is 1. The largest absolute Gasteiger partial charge is 0.469 e. The molecule has 0 spiro atoms. The minimum atomic E-state index is -0.625. The van der Waals surface area contributed by atoms with E-state index >= 15 is 0 Å². The molecule has 0 radical (unpaired) electrons. The van der Waals surface area contributed by atoms with Gasteiger partial charge in [0, 0.05) is 29.1 Å². The Kier molecular flexibility index (Phi) is 4.47. The van der Waals surface area contributed by atoms with Crippen molar-refractivity contribution >= 4 is 22.7 Å². The van der Waals surface area contributed by atoms with Crippen molar-refractivity contribution in [2.24, 2.45) is 0 Å². The van der Waals surface area contributed by atoms with Gasteiger partial charge in [0.2, 0.25) is 0 Å². The molecule has 2 aromatic carbocycles. The average Bonchev–Trinajstić information content (AvgIpc) is 3.03. The molecule has 1 N–H and O–H groups in total. The summed E-state index contributed by atoms with van der Waals surface area (Å²) < 4.78 is 4.94. The van der Waals surface area contributed by atoms with Gasteiger partial charge in [0.25, 0.3) is 0 Å². The summed E-state index contributed by atoms with van der Waals surface area (Å²) in [5.41, 5.74) is 3.42. The van der Waals surface area contributed by atoms with E-state index in [-0.39, 0.29) is 12.2 Å². The highest BCUT2D eigenvalue weighted by molar-refractivity contribution is 6.00. The third-order valence-electron chi connectivity index (χ3n) is 4.25. The van der Waals surface area contributed by atoms with Crippen molar-refractivity contribution in [1.29, 1.82) is 0 Å². The summed E-state index contributed by atoms with van der Waals surface area (Å²) in [6.45, 7) is 1.97. The van der Waals surface area contributed by atoms with Crippen LogP contribution in [-0.4, -0.2) is 23.8 Å². The van der Waals surface area contributed by atoms with Crippen molar-refractivity contribution in [1.82, 2.24) is 4.98 Å². The normalized spacial score (nSPS) is 12.1. The summed E-state index contributed by atoms with van der Waals surface area (Å²) in [6, 6.07) is 15.1. The van der Waals surface area contributed by atoms with Gasteiger partial charge < -0.3 is 9.72 Å². The number of rotatable bonds is 5. The maximum Gasteiger partial charge on any atom is 0.313 e. The van der Waals surface area contributed by atoms with Crippen LogP contribution in [0.15, 0.2) is 54.7 Å². The highest BCUT2D eigenvalue weighted by Gasteiger charge is 2.27. The molecule has 1 aromatic heterocycles. The first kappa shape index (κ1) is 16.0. The molecule has 4 nitrogen and oxygen atoms in total. The van der Waals surface area contributed by atoms with E-state index in [0.29, 0.717) is 5.56 Å². The predicted octanol–water partition coefficient (Wildman–Crippen LogP) is 4.01. The molecular formula is C20H19NO3. The maximum absolute atomic E-state index is 12.6. The Hall–Kier alpha value is -2.88. The van der Waals surface area contributed by atoms with Crippen molar-refractivity contribution in [3.8, 4) is 0 Å². The van der Waals surface area contributed by atoms with Gasteiger partial charge in [-0.15, -0.1) is 0 Å². The Morgan fingerprint density at radius 2 is 1.79 bits per heavy atom. The van der Waals surface area contributed by atoms with E-state index in [2.05, 4.69) is 4.98 Å². The standard InChI is InChI=1S/C20H19NO3/c1-13-7-9-14(10-8-13)19(22)11-16(20(23)24-2)17-12-21-18-6-4-3-5-15(17)18/h3-10,12,16,21H,11H2,1-2H3. The SMILES string of the molecule is COC(=O)C(CC(=O)c1ccc(C)cc1)c1c[nH]c2ccccc12. The molecular weight excluding hydrogens is 302 g/mol. The number of hydrogen-bond donors (Lipinski definition) is 1. The van der Waals surface area contributed by atoms with Crippen LogP contribution in [0.4, 0.5) is 0 Å². The molecule has 1 unspecified atom stereocenters. The third-order valence-corrected chi connectivity index (χ3v) is 4.25. The van der Waals surface area contributed by atoms with Gasteiger partial charge in [-0.3, -0.25) is 9.59 Å². The minimum Gasteiger partial charge on any atom is -0.469 e. The number of nitrogens with one attached hydrogen (secondary N) is 1. The molecule has 0 aliphatic rings. The summed E-state index contributed by atoms with van der Waals surface area (Å²) in [6.07, 6.45) is 1.87. The molecule has 3 aromatic rings. The second-order valence-corrected chi connectivity index (χ2v) is 5.86. The first-order chi connectivity index (χ1) is 11.6. The Bertz CT molecular complexity index is 877. The monoisotopic (exact) mass is 321 g/mol. The Morgan fingerprint density at radius 3 is 2.50 bits per heavy atom. The van der Waals surface area contributed by atoms with E-state index in [9.17, 15) is 9.59 Å². The number of ketones is 1. The van der Waals surface area contributed by atoms with E-state index in [1.165, 1.54) is 7.11 Å². The number of benzene rings is 2. The number of aromatic nitrogens is 1. The van der Waals surface area contributed by atoms with Crippen molar-refractivity contribution in [3.63, 3.8) is 0 Å². The maximum atomic E-state index is 12.6. The molecule has 0 aliphatic carbocycles. The lowest BCUT2D eigenvalue weighted by Gasteiger charge is -2.13. The van der Waals surface area contributed by atoms with Gasteiger partial charge in [0.05, 0.1) is 13.0 Å². The molecule has 3 rings (SSSR count). The smallest absolute Gasteiger partial charge is 0.313 e. The topological polar surface area (TPSA) is 59.2 Å². The highest BCUT2D eigenvalue weighted by Crippen LogP contribution is 2.30. The molecule has 1 heterocycles. The number of aryl methyl sites for hydroxylation is 1. The van der Waals surface area contributed by atoms with Crippen LogP contribution in [0.3, 0.4) is 0 Å². The lowest BCUT2D eigenvalue weighted by molar-refractivity contribution is -0.142. The third kappa shape index (κ3) is 3.08. The molecule has 0 fully saturated rings. The molecule has 0 aliphatic heterocycles. The van der Waals surface area contributed by atoms with Gasteiger partial charge >= 0.3 is 5.97 Å². The molecule has 0 amide bonds. The van der Waals surface area contributed by atoms with E-state index in [0.717, 1.165) is 22.0 Å². The molecule has 1 atom stereocenters. The van der Waals surface area contributed by atoms with E-state index in [4.69, 9.17) is 4.74 Å². The van der Waals surface area contributed by atoms with Gasteiger partial charge in [0.15, 0.2) is 5.78 Å². The molecule has 4 heteroatoms. The predicted molar refractivity (Wildman–Crippen MR) is 93.2 cm³/mol. The van der Waals surface area contributed by atoms with E-state index < -0.39 is 11.9 Å². The summed E-state index contributed by atoms with van der Waals surface area (Å²) in [4.78, 5) is 28.0. The van der Waals surface area contributed by atoms with E-state index in [1.807, 2.05) is 43.3 Å². The number of carbonyl (C=O) groups is 2. The number of methoxy groups -OCH3 is 1. The zero-order valence-corrected chi connectivity index (χ0v) is 13.7. The van der Waals surface area contributed by atoms with Crippen molar-refractivity contribution in [3.05, 3.63) is 71.4 Å². The second kappa shape index (κ2) is 6.71. The molecule has 122 valence electrons. The molecule has 24 heavy (non-hydrogen) atoms. The van der Waals surface area contributed by atoms with Crippen LogP contribution in [0, 0.1) is 6.92 Å². The van der Waals surface area contributed by atoms with Crippen LogP contribution in [0.5, 0.6) is 0 Å². The first-order valence-corrected chi connectivity index (χ1v) is 7.84. The van der Waals surface area contributed by atoms with Gasteiger partial charge in [-0.2, -0.15) is 0 Å². The van der Waals surface area contributed by atoms with Crippen molar-refractivity contribution in [2.45, 2.75) is 19.3 Å². The second-order valence-electron chi connectivity index (χ2n) is 5.86. The number of fused-ring (bicyclic) bond motifs is 1. The minimum absolute atomic E-state index is 0.0734. The molecule has 0 bridgehead atoms. The lowest BCUT2D eigenvalue weighted by atomic mass is 9.91. The van der Waals surface area contributed by atoms with Crippen LogP contribution in [0.1, 0.15) is 33.8 Å². The number of ether oxygens (including phenoxy) is 1. The average molecular weight is 321 g/mol. The number of para-hydroxylation sites is 1. The van der Waals surface area contributed by atoms with Crippen LogP contribution < -0.4 is 0 Å². The Morgan fingerprint density at radius 1 is 1.08 bits per heavy atom. The fraction of sp³-hybridized carbons (Fsp3) is 0.200. The Balaban J connectivity index is 1.94. The zero-order chi connectivity index (χ0) is 17.1. The highest BCUT2D eigenvalue weighted by atomic mass is 16.5. The summed E-state index contributed by atoms with van der Waals surface area (Å²) in [5.74, 6) is -1.10. The van der Waals surface area contributed by atoms with Crippen LogP contribution >= 0.6 is 0 Å². The summed E-state index contributed by atoms with van der Waals surface area (Å²) >= 11 is 0. The number of aromatic amines is 1. The van der Waals surface area contributed by atoms with Gasteiger partial charge in [-0.25, -0.2) is 0 Å². The van der Waals surface area contributed by atoms with Crippen molar-refractivity contribution < 1.29 is 14.3 Å². The summed E-state index contributed by atoms with van der Waals surface area (Å²) in [7, 11) is 1.35. The quantitative estimate of drug-likeness (QED) is 0.570. The molecule has 0 saturated heterocycles. The van der Waals surface area contributed by atoms with Crippen LogP contribution in [0.2, 0.25) is 0 Å². The van der Waals surface area contributed by atoms with Gasteiger partial charge in [0.1, 0.15) is 0 Å². The zero-order valence-electron chi connectivity index (χ0n) is 13.7. The van der Waals surface area contributed by atoms with Gasteiger partial charge in [-0.1, -0.05) is 48.0 Å². The number of hydrogen-bond acceptors (Lipinski definition) is 3. The lowest BCUT2D eigenvalue weighted by Crippen LogP contribution is -2.18. The Labute approximate surface area is 140 Å². The number of H-pyrrole nitrogens is 1. The number of Topliss-reactive ketones (excluding diaryl/α,β-unsaturated/α-hetero) is 1. The van der Waals surface area contributed by atoms with Gasteiger partial charge in [-0.05, 0) is 18.6 Å². The van der Waals surface area contributed by atoms with Crippen molar-refractivity contribution in [2.75, 3.05) is 7.11 Å². The van der Waals surface area contributed by atoms with Crippen LogP contribution in [0.25, 0.3) is 10.9 Å². The van der Waals surface area contributed by atoms with E-state index in [1.54, 1.807) is 18.3 Å². The number of carbonyl (C=O) groups excluding carboxylic acids is 2. The fourth-order valence-electron chi connectivity index (χ4n) is 2.89. The fourth-order valence-corrected chi connectivity index (χ4v) is 2.89. The summed E-state index contributed by atoms with van der Waals surface area (Å²) in [5, 5.41) is 0.935. The van der Waals surface area contributed by atoms with Crippen LogP contribution in [-0.2, 0) is 9.53 Å².